The van der Waals surface area contributed by atoms with E-state index in [1.807, 2.05) is 0 Å². The van der Waals surface area contributed by atoms with Gasteiger partial charge in [-0.15, -0.1) is 0 Å². The smallest absolute Gasteiger partial charge is 0.0624 e. The first kappa shape index (κ1) is 19.0. The van der Waals surface area contributed by atoms with Crippen LogP contribution in [0.1, 0.15) is 0 Å². The van der Waals surface area contributed by atoms with Crippen molar-refractivity contribution in [2.24, 2.45) is 0 Å². The molecule has 1 nitrogen and oxygen atoms in total. The van der Waals surface area contributed by atoms with Crippen LogP contribution in [0.3, 0.4) is 0 Å². The molecule has 2 heteroatoms. The van der Waals surface area contributed by atoms with E-state index in [0.717, 1.165) is 0 Å². The summed E-state index contributed by atoms with van der Waals surface area (Å²) in [5.41, 5.74) is 3.75. The maximum Gasteiger partial charge on any atom is 0.0624 e. The second kappa shape index (κ2) is 8.11. The lowest BCUT2D eigenvalue weighted by Gasteiger charge is -2.21. The summed E-state index contributed by atoms with van der Waals surface area (Å²) in [6.45, 7) is 0. The molecule has 0 amide bonds. The van der Waals surface area contributed by atoms with Crippen LogP contribution in [0.15, 0.2) is 133 Å². The zero-order valence-electron chi connectivity index (χ0n) is 17.6. The predicted molar refractivity (Wildman–Crippen MR) is 139 cm³/mol. The largest absolute Gasteiger partial charge is 0.309 e. The van der Waals surface area contributed by atoms with Gasteiger partial charge in [-0.2, -0.15) is 0 Å². The van der Waals surface area contributed by atoms with E-state index < -0.39 is 7.92 Å². The van der Waals surface area contributed by atoms with E-state index in [4.69, 9.17) is 0 Å². The second-order valence-electron chi connectivity index (χ2n) is 7.87. The first-order valence-corrected chi connectivity index (χ1v) is 12.2. The zero-order valence-corrected chi connectivity index (χ0v) is 18.5. The molecule has 152 valence electrons. The summed E-state index contributed by atoms with van der Waals surface area (Å²) in [6, 6.07) is 48.2. The number of rotatable bonds is 4. The first-order valence-electron chi connectivity index (χ1n) is 10.9. The van der Waals surface area contributed by atoms with E-state index in [9.17, 15) is 0 Å². The van der Waals surface area contributed by atoms with Gasteiger partial charge in [0, 0.05) is 21.8 Å². The van der Waals surface area contributed by atoms with Crippen LogP contribution in [0, 0.1) is 0 Å². The van der Waals surface area contributed by atoms with E-state index >= 15 is 0 Å². The Labute approximate surface area is 189 Å². The molecule has 0 radical (unpaired) electrons. The monoisotopic (exact) mass is 427 g/mol. The van der Waals surface area contributed by atoms with E-state index in [0.29, 0.717) is 0 Å². The standard InChI is InChI=1S/C30H22NP/c1-4-13-23(14-5-1)31-28-21-11-10-19-26(28)27-20-12-22-29(30(27)31)32(24-15-6-2-7-16-24)25-17-8-3-9-18-25/h1-22H. The molecule has 1 heterocycles. The fraction of sp³-hybridized carbons (Fsp3) is 0. The third kappa shape index (κ3) is 3.14. The van der Waals surface area contributed by atoms with Gasteiger partial charge in [0.15, 0.2) is 0 Å². The summed E-state index contributed by atoms with van der Waals surface area (Å²) in [6.07, 6.45) is 0. The molecule has 1 aromatic heterocycles. The highest BCUT2D eigenvalue weighted by Gasteiger charge is 2.22. The molecule has 0 atom stereocenters. The third-order valence-electron chi connectivity index (χ3n) is 5.96. The average Bonchev–Trinajstić information content (AvgIpc) is 3.21. The molecule has 0 fully saturated rings. The van der Waals surface area contributed by atoms with Crippen LogP contribution in [0.5, 0.6) is 0 Å². The summed E-state index contributed by atoms with van der Waals surface area (Å²) < 4.78 is 2.45. The van der Waals surface area contributed by atoms with Gasteiger partial charge in [0.1, 0.15) is 0 Å². The normalized spacial score (nSPS) is 11.4. The summed E-state index contributed by atoms with van der Waals surface area (Å²) >= 11 is 0. The van der Waals surface area contributed by atoms with Gasteiger partial charge in [0.05, 0.1) is 11.0 Å². The second-order valence-corrected chi connectivity index (χ2v) is 10.1. The molecular formula is C30H22NP. The van der Waals surface area contributed by atoms with Crippen LogP contribution in [-0.4, -0.2) is 4.57 Å². The lowest BCUT2D eigenvalue weighted by Crippen LogP contribution is -2.22. The van der Waals surface area contributed by atoms with Crippen LogP contribution >= 0.6 is 7.92 Å². The van der Waals surface area contributed by atoms with E-state index in [1.165, 1.54) is 43.4 Å². The van der Waals surface area contributed by atoms with E-state index in [1.54, 1.807) is 0 Å². The third-order valence-corrected chi connectivity index (χ3v) is 8.43. The van der Waals surface area contributed by atoms with Crippen molar-refractivity contribution in [3.63, 3.8) is 0 Å². The minimum Gasteiger partial charge on any atom is -0.309 e. The number of hydrogen-bond donors (Lipinski definition) is 0. The number of nitrogens with zero attached hydrogens (tertiary/aromatic N) is 1. The number of aromatic nitrogens is 1. The lowest BCUT2D eigenvalue weighted by atomic mass is 10.1. The lowest BCUT2D eigenvalue weighted by molar-refractivity contribution is 1.18. The van der Waals surface area contributed by atoms with Crippen molar-refractivity contribution >= 4 is 45.6 Å². The quantitative estimate of drug-likeness (QED) is 0.282. The number of hydrogen-bond acceptors (Lipinski definition) is 0. The van der Waals surface area contributed by atoms with Gasteiger partial charge in [-0.05, 0) is 36.7 Å². The molecule has 0 aliphatic carbocycles. The molecule has 0 aliphatic heterocycles. The van der Waals surface area contributed by atoms with Crippen LogP contribution in [-0.2, 0) is 0 Å². The Kier molecular flexibility index (Phi) is 4.83. The SMILES string of the molecule is c1ccc(-n2c3ccccc3c3cccc(P(c4ccccc4)c4ccccc4)c32)cc1. The average molecular weight is 427 g/mol. The molecule has 0 saturated carbocycles. The summed E-state index contributed by atoms with van der Waals surface area (Å²) in [5.74, 6) is 0. The van der Waals surface area contributed by atoms with Crippen molar-refractivity contribution in [3.8, 4) is 5.69 Å². The Morgan fingerprint density at radius 3 is 1.62 bits per heavy atom. The van der Waals surface area contributed by atoms with Gasteiger partial charge in [0.2, 0.25) is 0 Å². The Morgan fingerprint density at radius 2 is 0.969 bits per heavy atom. The molecule has 0 spiro atoms. The molecule has 0 aliphatic rings. The molecule has 0 bridgehead atoms. The van der Waals surface area contributed by atoms with Crippen molar-refractivity contribution in [1.29, 1.82) is 0 Å². The van der Waals surface area contributed by atoms with Crippen molar-refractivity contribution in [3.05, 3.63) is 133 Å². The van der Waals surface area contributed by atoms with Gasteiger partial charge in [-0.25, -0.2) is 0 Å². The van der Waals surface area contributed by atoms with E-state index in [-0.39, 0.29) is 0 Å². The van der Waals surface area contributed by atoms with Crippen LogP contribution in [0.2, 0.25) is 0 Å². The minimum absolute atomic E-state index is 0.710. The predicted octanol–water partition coefficient (Wildman–Crippen LogP) is 6.54. The van der Waals surface area contributed by atoms with Crippen molar-refractivity contribution < 1.29 is 0 Å². The maximum absolute atomic E-state index is 2.45. The molecule has 0 saturated heterocycles. The van der Waals surface area contributed by atoms with Crippen molar-refractivity contribution in [2.45, 2.75) is 0 Å². The number of fused-ring (bicyclic) bond motifs is 3. The van der Waals surface area contributed by atoms with Crippen LogP contribution in [0.25, 0.3) is 27.5 Å². The van der Waals surface area contributed by atoms with Crippen molar-refractivity contribution in [1.82, 2.24) is 4.57 Å². The topological polar surface area (TPSA) is 4.93 Å². The Morgan fingerprint density at radius 1 is 0.438 bits per heavy atom. The molecule has 5 aromatic carbocycles. The highest BCUT2D eigenvalue weighted by Crippen LogP contribution is 2.39. The zero-order chi connectivity index (χ0) is 21.3. The van der Waals surface area contributed by atoms with Gasteiger partial charge in [0.25, 0.3) is 0 Å². The summed E-state index contributed by atoms with van der Waals surface area (Å²) in [7, 11) is -0.710. The molecule has 0 N–H and O–H groups in total. The molecular weight excluding hydrogens is 405 g/mol. The van der Waals surface area contributed by atoms with E-state index in [2.05, 4.69) is 138 Å². The molecule has 6 aromatic rings. The summed E-state index contributed by atoms with van der Waals surface area (Å²) in [5, 5.41) is 6.72. The minimum atomic E-state index is -0.710. The summed E-state index contributed by atoms with van der Waals surface area (Å²) in [4.78, 5) is 0. The molecule has 0 unspecified atom stereocenters. The molecule has 32 heavy (non-hydrogen) atoms. The Bertz CT molecular complexity index is 1460. The maximum atomic E-state index is 2.45. The highest BCUT2D eigenvalue weighted by atomic mass is 31.1. The number of benzene rings is 5. The van der Waals surface area contributed by atoms with Gasteiger partial charge in [-0.3, -0.25) is 0 Å². The van der Waals surface area contributed by atoms with Gasteiger partial charge in [-0.1, -0.05) is 115 Å². The van der Waals surface area contributed by atoms with Gasteiger partial charge >= 0.3 is 0 Å². The Balaban J connectivity index is 1.75. The fourth-order valence-electron chi connectivity index (χ4n) is 4.61. The van der Waals surface area contributed by atoms with Crippen LogP contribution < -0.4 is 15.9 Å². The van der Waals surface area contributed by atoms with Gasteiger partial charge < -0.3 is 4.57 Å². The number of para-hydroxylation sites is 3. The highest BCUT2D eigenvalue weighted by molar-refractivity contribution is 7.80. The Hall–Kier alpha value is -3.67. The first-order chi connectivity index (χ1) is 15.9. The molecule has 6 rings (SSSR count). The van der Waals surface area contributed by atoms with Crippen molar-refractivity contribution in [2.75, 3.05) is 0 Å². The fourth-order valence-corrected chi connectivity index (χ4v) is 7.07. The van der Waals surface area contributed by atoms with Crippen LogP contribution in [0.4, 0.5) is 0 Å².